The molecule has 2 atom stereocenters. The van der Waals surface area contributed by atoms with Crippen molar-refractivity contribution in [1.29, 1.82) is 0 Å². The molecular formula is C19H24N4O2. The van der Waals surface area contributed by atoms with Crippen LogP contribution in [-0.2, 0) is 6.42 Å². The first-order valence-corrected chi connectivity index (χ1v) is 8.65. The summed E-state index contributed by atoms with van der Waals surface area (Å²) in [5.41, 5.74) is 8.68. The number of nitrogens with zero attached hydrogens (tertiary/aromatic N) is 1. The van der Waals surface area contributed by atoms with Crippen molar-refractivity contribution in [2.75, 3.05) is 0 Å². The first kappa shape index (κ1) is 17.2. The van der Waals surface area contributed by atoms with Crippen LogP contribution in [0.25, 0.3) is 10.9 Å². The SMILES string of the molecule is CCCC(C)NC(=O)c1coc(C(N)Cc2c[nH]c3ccccc23)n1. The molecule has 2 aromatic heterocycles. The largest absolute Gasteiger partial charge is 0.446 e. The van der Waals surface area contributed by atoms with Crippen LogP contribution >= 0.6 is 0 Å². The molecule has 0 aliphatic carbocycles. The van der Waals surface area contributed by atoms with Crippen molar-refractivity contribution < 1.29 is 9.21 Å². The molecule has 1 aromatic carbocycles. The van der Waals surface area contributed by atoms with E-state index in [0.717, 1.165) is 29.3 Å². The first-order chi connectivity index (χ1) is 12.1. The summed E-state index contributed by atoms with van der Waals surface area (Å²) in [6.07, 6.45) is 5.85. The molecule has 3 aromatic rings. The van der Waals surface area contributed by atoms with Gasteiger partial charge in [-0.3, -0.25) is 4.79 Å². The molecule has 1 amide bonds. The molecular weight excluding hydrogens is 316 g/mol. The standard InChI is InChI=1S/C19H24N4O2/c1-3-6-12(2)22-18(24)17-11-25-19(23-17)15(20)9-13-10-21-16-8-5-4-7-14(13)16/h4-5,7-8,10-12,15,21H,3,6,9,20H2,1-2H3,(H,22,24). The molecule has 6 nitrogen and oxygen atoms in total. The van der Waals surface area contributed by atoms with E-state index < -0.39 is 6.04 Å². The van der Waals surface area contributed by atoms with Gasteiger partial charge in [-0.25, -0.2) is 4.98 Å². The first-order valence-electron chi connectivity index (χ1n) is 8.65. The van der Waals surface area contributed by atoms with E-state index in [1.54, 1.807) is 0 Å². The maximum absolute atomic E-state index is 12.2. The highest BCUT2D eigenvalue weighted by Gasteiger charge is 2.19. The minimum absolute atomic E-state index is 0.109. The van der Waals surface area contributed by atoms with E-state index in [-0.39, 0.29) is 17.6 Å². The summed E-state index contributed by atoms with van der Waals surface area (Å²) in [6.45, 7) is 4.06. The molecule has 0 bridgehead atoms. The van der Waals surface area contributed by atoms with E-state index >= 15 is 0 Å². The molecule has 0 spiro atoms. The summed E-state index contributed by atoms with van der Waals surface area (Å²) in [5.74, 6) is 0.147. The van der Waals surface area contributed by atoms with Gasteiger partial charge in [0.05, 0.1) is 6.04 Å². The maximum Gasteiger partial charge on any atom is 0.273 e. The lowest BCUT2D eigenvalue weighted by Crippen LogP contribution is -2.32. The van der Waals surface area contributed by atoms with Gasteiger partial charge in [0, 0.05) is 23.1 Å². The molecule has 3 rings (SSSR count). The molecule has 4 N–H and O–H groups in total. The number of nitrogens with two attached hydrogens (primary N) is 1. The number of oxazole rings is 1. The summed E-state index contributed by atoms with van der Waals surface area (Å²) in [7, 11) is 0. The van der Waals surface area contributed by atoms with Crippen LogP contribution in [0.15, 0.2) is 41.1 Å². The molecule has 2 unspecified atom stereocenters. The van der Waals surface area contributed by atoms with Crippen LogP contribution in [0.4, 0.5) is 0 Å². The summed E-state index contributed by atoms with van der Waals surface area (Å²) < 4.78 is 5.44. The predicted octanol–water partition coefficient (Wildman–Crippen LogP) is 3.32. The third-order valence-corrected chi connectivity index (χ3v) is 4.29. The number of nitrogens with one attached hydrogen (secondary N) is 2. The molecule has 0 aliphatic rings. The van der Waals surface area contributed by atoms with Crippen LogP contribution in [-0.4, -0.2) is 21.9 Å². The third kappa shape index (κ3) is 3.91. The highest BCUT2D eigenvalue weighted by Crippen LogP contribution is 2.23. The number of fused-ring (bicyclic) bond motifs is 1. The van der Waals surface area contributed by atoms with Crippen LogP contribution in [0.1, 0.15) is 54.7 Å². The van der Waals surface area contributed by atoms with Crippen molar-refractivity contribution in [3.8, 4) is 0 Å². The van der Waals surface area contributed by atoms with Gasteiger partial charge in [-0.1, -0.05) is 31.5 Å². The molecule has 0 fully saturated rings. The number of benzene rings is 1. The van der Waals surface area contributed by atoms with Crippen LogP contribution < -0.4 is 11.1 Å². The number of H-pyrrole nitrogens is 1. The minimum atomic E-state index is -0.408. The molecule has 2 heterocycles. The van der Waals surface area contributed by atoms with Gasteiger partial charge in [-0.2, -0.15) is 0 Å². The highest BCUT2D eigenvalue weighted by atomic mass is 16.3. The Labute approximate surface area is 146 Å². The number of hydrogen-bond acceptors (Lipinski definition) is 4. The van der Waals surface area contributed by atoms with Gasteiger partial charge in [-0.15, -0.1) is 0 Å². The number of carbonyl (C=O) groups excluding carboxylic acids is 1. The van der Waals surface area contributed by atoms with E-state index in [4.69, 9.17) is 10.2 Å². The lowest BCUT2D eigenvalue weighted by molar-refractivity contribution is 0.0933. The Balaban J connectivity index is 1.68. The normalized spacial score (nSPS) is 13.7. The second kappa shape index (κ2) is 7.53. The zero-order chi connectivity index (χ0) is 17.8. The number of para-hydroxylation sites is 1. The number of carbonyl (C=O) groups is 1. The second-order valence-electron chi connectivity index (χ2n) is 6.40. The Bertz CT molecular complexity index is 852. The van der Waals surface area contributed by atoms with E-state index in [2.05, 4.69) is 28.3 Å². The Morgan fingerprint density at radius 3 is 3.00 bits per heavy atom. The van der Waals surface area contributed by atoms with Crippen LogP contribution in [0.3, 0.4) is 0 Å². The summed E-state index contributed by atoms with van der Waals surface area (Å²) in [6, 6.07) is 7.76. The van der Waals surface area contributed by atoms with Gasteiger partial charge in [0.15, 0.2) is 5.69 Å². The molecule has 132 valence electrons. The molecule has 0 radical (unpaired) electrons. The van der Waals surface area contributed by atoms with E-state index in [1.807, 2.05) is 31.3 Å². The number of amides is 1. The molecule has 6 heteroatoms. The fourth-order valence-electron chi connectivity index (χ4n) is 2.99. The monoisotopic (exact) mass is 340 g/mol. The van der Waals surface area contributed by atoms with Gasteiger partial charge in [-0.05, 0) is 31.4 Å². The van der Waals surface area contributed by atoms with Crippen molar-refractivity contribution in [3.63, 3.8) is 0 Å². The van der Waals surface area contributed by atoms with Crippen LogP contribution in [0.5, 0.6) is 0 Å². The van der Waals surface area contributed by atoms with Gasteiger partial charge in [0.1, 0.15) is 6.26 Å². The number of hydrogen-bond donors (Lipinski definition) is 3. The Kier molecular flexibility index (Phi) is 5.19. The molecule has 0 aliphatic heterocycles. The van der Waals surface area contributed by atoms with E-state index in [0.29, 0.717) is 12.3 Å². The number of aromatic amines is 1. The summed E-state index contributed by atoms with van der Waals surface area (Å²) in [5, 5.41) is 4.05. The topological polar surface area (TPSA) is 96.9 Å². The average molecular weight is 340 g/mol. The smallest absolute Gasteiger partial charge is 0.273 e. The fraction of sp³-hybridized carbons (Fsp3) is 0.368. The Hall–Kier alpha value is -2.60. The quantitative estimate of drug-likeness (QED) is 0.614. The van der Waals surface area contributed by atoms with Crippen molar-refractivity contribution in [3.05, 3.63) is 53.9 Å². The summed E-state index contributed by atoms with van der Waals surface area (Å²) >= 11 is 0. The Morgan fingerprint density at radius 1 is 1.40 bits per heavy atom. The zero-order valence-electron chi connectivity index (χ0n) is 14.6. The number of aromatic nitrogens is 2. The second-order valence-corrected chi connectivity index (χ2v) is 6.40. The van der Waals surface area contributed by atoms with Gasteiger partial charge in [0.2, 0.25) is 5.89 Å². The van der Waals surface area contributed by atoms with E-state index in [9.17, 15) is 4.79 Å². The van der Waals surface area contributed by atoms with Crippen molar-refractivity contribution >= 4 is 16.8 Å². The predicted molar refractivity (Wildman–Crippen MR) is 97.3 cm³/mol. The minimum Gasteiger partial charge on any atom is -0.446 e. The summed E-state index contributed by atoms with van der Waals surface area (Å²) in [4.78, 5) is 19.7. The van der Waals surface area contributed by atoms with Gasteiger partial charge < -0.3 is 20.5 Å². The van der Waals surface area contributed by atoms with Gasteiger partial charge >= 0.3 is 0 Å². The molecule has 25 heavy (non-hydrogen) atoms. The molecule has 0 saturated carbocycles. The van der Waals surface area contributed by atoms with Crippen molar-refractivity contribution in [2.24, 2.45) is 5.73 Å². The van der Waals surface area contributed by atoms with Crippen LogP contribution in [0, 0.1) is 0 Å². The molecule has 0 saturated heterocycles. The zero-order valence-corrected chi connectivity index (χ0v) is 14.6. The third-order valence-electron chi connectivity index (χ3n) is 4.29. The maximum atomic E-state index is 12.2. The number of rotatable bonds is 7. The highest BCUT2D eigenvalue weighted by molar-refractivity contribution is 5.92. The lowest BCUT2D eigenvalue weighted by Gasteiger charge is -2.10. The Morgan fingerprint density at radius 2 is 2.20 bits per heavy atom. The van der Waals surface area contributed by atoms with Crippen molar-refractivity contribution in [1.82, 2.24) is 15.3 Å². The van der Waals surface area contributed by atoms with E-state index in [1.165, 1.54) is 6.26 Å². The fourth-order valence-corrected chi connectivity index (χ4v) is 2.99. The average Bonchev–Trinajstić information content (AvgIpc) is 3.23. The van der Waals surface area contributed by atoms with Crippen molar-refractivity contribution in [2.45, 2.75) is 45.2 Å². The van der Waals surface area contributed by atoms with Crippen LogP contribution in [0.2, 0.25) is 0 Å². The lowest BCUT2D eigenvalue weighted by atomic mass is 10.1. The van der Waals surface area contributed by atoms with Gasteiger partial charge in [0.25, 0.3) is 5.91 Å².